The number of fused-ring (bicyclic) bond motifs is 3. The van der Waals surface area contributed by atoms with Crippen LogP contribution in [0.25, 0.3) is 0 Å². The molecule has 1 N–H and O–H groups in total. The van der Waals surface area contributed by atoms with Gasteiger partial charge in [-0.25, -0.2) is 4.79 Å². The van der Waals surface area contributed by atoms with Crippen molar-refractivity contribution in [3.8, 4) is 5.75 Å². The average Bonchev–Trinajstić information content (AvgIpc) is 3.03. The van der Waals surface area contributed by atoms with Crippen LogP contribution in [-0.2, 0) is 21.3 Å². The predicted octanol–water partition coefficient (Wildman–Crippen LogP) is 5.17. The van der Waals surface area contributed by atoms with Crippen molar-refractivity contribution in [2.75, 3.05) is 38.3 Å². The van der Waals surface area contributed by atoms with Gasteiger partial charge in [-0.3, -0.25) is 0 Å². The van der Waals surface area contributed by atoms with E-state index in [-0.39, 0.29) is 23.6 Å². The number of anilines is 1. The molecule has 2 heterocycles. The van der Waals surface area contributed by atoms with Crippen LogP contribution in [0.2, 0.25) is 5.02 Å². The van der Waals surface area contributed by atoms with Gasteiger partial charge < -0.3 is 24.2 Å². The molecular formula is C30H36ClNO5. The van der Waals surface area contributed by atoms with Gasteiger partial charge in [-0.2, -0.15) is 0 Å². The number of aliphatic hydroxyl groups excluding tert-OH is 1. The molecule has 5 atom stereocenters. The normalized spacial score (nSPS) is 30.9. The highest BCUT2D eigenvalue weighted by Gasteiger charge is 2.45. The summed E-state index contributed by atoms with van der Waals surface area (Å²) in [6.45, 7) is 2.91. The predicted molar refractivity (Wildman–Crippen MR) is 143 cm³/mol. The van der Waals surface area contributed by atoms with Crippen LogP contribution in [0.5, 0.6) is 5.75 Å². The first-order chi connectivity index (χ1) is 18.0. The monoisotopic (exact) mass is 525 g/mol. The number of nitrogens with zero attached hydrogens (tertiary/aromatic N) is 1. The van der Waals surface area contributed by atoms with E-state index in [4.69, 9.17) is 25.8 Å². The molecule has 2 aromatic rings. The topological polar surface area (TPSA) is 68.2 Å². The SMILES string of the molecule is COC(=O)c1ccc2c(c1)N(C[C@H]1CC[C@@H]1[C@@H]1C[C@@H](O)CCO1)C[C@@]1(CCCc3cc(Cl)ccc31)CO2. The molecule has 1 saturated heterocycles. The third-order valence-corrected chi connectivity index (χ3v) is 9.39. The van der Waals surface area contributed by atoms with Crippen LogP contribution in [0.1, 0.15) is 60.0 Å². The number of esters is 1. The first-order valence-corrected chi connectivity index (χ1v) is 14.0. The van der Waals surface area contributed by atoms with Gasteiger partial charge in [0.05, 0.1) is 37.2 Å². The van der Waals surface area contributed by atoms with E-state index in [2.05, 4.69) is 17.0 Å². The molecule has 0 aromatic heterocycles. The van der Waals surface area contributed by atoms with Crippen molar-refractivity contribution in [1.29, 1.82) is 0 Å². The lowest BCUT2D eigenvalue weighted by atomic mass is 9.67. The number of carbonyl (C=O) groups excluding carboxylic acids is 1. The highest BCUT2D eigenvalue weighted by Crippen LogP contribution is 2.47. The molecule has 2 aliphatic carbocycles. The highest BCUT2D eigenvalue weighted by atomic mass is 35.5. The zero-order valence-corrected chi connectivity index (χ0v) is 22.2. The van der Waals surface area contributed by atoms with E-state index in [9.17, 15) is 9.90 Å². The van der Waals surface area contributed by atoms with Crippen LogP contribution in [0.4, 0.5) is 5.69 Å². The van der Waals surface area contributed by atoms with E-state index >= 15 is 0 Å². The zero-order chi connectivity index (χ0) is 25.6. The lowest BCUT2D eigenvalue weighted by Gasteiger charge is -2.47. The number of methoxy groups -OCH3 is 1. The average molecular weight is 526 g/mol. The molecule has 6 rings (SSSR count). The van der Waals surface area contributed by atoms with Crippen LogP contribution >= 0.6 is 11.6 Å². The van der Waals surface area contributed by atoms with Crippen LogP contribution in [0, 0.1) is 11.8 Å². The van der Waals surface area contributed by atoms with E-state index in [0.29, 0.717) is 30.6 Å². The minimum Gasteiger partial charge on any atom is -0.490 e. The molecule has 4 aliphatic rings. The Morgan fingerprint density at radius 1 is 1.22 bits per heavy atom. The number of hydrogen-bond acceptors (Lipinski definition) is 6. The number of hydrogen-bond donors (Lipinski definition) is 1. The lowest BCUT2D eigenvalue weighted by Crippen LogP contribution is -2.50. The largest absolute Gasteiger partial charge is 0.490 e. The molecule has 0 radical (unpaired) electrons. The van der Waals surface area contributed by atoms with Crippen molar-refractivity contribution in [2.24, 2.45) is 11.8 Å². The Kier molecular flexibility index (Phi) is 6.85. The van der Waals surface area contributed by atoms with Crippen molar-refractivity contribution in [2.45, 2.75) is 62.6 Å². The maximum absolute atomic E-state index is 12.4. The van der Waals surface area contributed by atoms with Crippen LogP contribution < -0.4 is 9.64 Å². The van der Waals surface area contributed by atoms with E-state index in [1.807, 2.05) is 18.2 Å². The standard InChI is InChI=1S/C30H36ClNO5/c1-35-29(34)20-5-9-27-26(14-20)32(16-21-4-7-24(21)28-15-23(33)10-12-36-28)17-30(18-37-27)11-2-3-19-13-22(31)6-8-25(19)30/h5-6,8-9,13-14,21,23-24,28,33H,2-4,7,10-12,15-18H2,1H3/t21-,23+,24+,28+,30+/m1/s1. The van der Waals surface area contributed by atoms with Gasteiger partial charge >= 0.3 is 5.97 Å². The molecule has 1 saturated carbocycles. The van der Waals surface area contributed by atoms with Gasteiger partial charge in [-0.1, -0.05) is 17.7 Å². The summed E-state index contributed by atoms with van der Waals surface area (Å²) >= 11 is 6.38. The fourth-order valence-corrected chi connectivity index (χ4v) is 7.26. The molecule has 0 unspecified atom stereocenters. The summed E-state index contributed by atoms with van der Waals surface area (Å²) in [5.41, 5.74) is 3.98. The number of halogens is 1. The third-order valence-electron chi connectivity index (χ3n) is 9.15. The van der Waals surface area contributed by atoms with Gasteiger partial charge in [0.15, 0.2) is 0 Å². The number of rotatable bonds is 4. The van der Waals surface area contributed by atoms with Gasteiger partial charge in [-0.05, 0) is 98.2 Å². The fourth-order valence-electron chi connectivity index (χ4n) is 7.06. The number of benzene rings is 2. The van der Waals surface area contributed by atoms with E-state index in [1.54, 1.807) is 6.07 Å². The van der Waals surface area contributed by atoms with E-state index in [1.165, 1.54) is 18.2 Å². The Hall–Kier alpha value is -2.28. The number of aryl methyl sites for hydroxylation is 1. The summed E-state index contributed by atoms with van der Waals surface area (Å²) in [6.07, 6.45) is 6.76. The molecule has 7 heteroatoms. The molecule has 6 nitrogen and oxygen atoms in total. The Morgan fingerprint density at radius 3 is 2.89 bits per heavy atom. The summed E-state index contributed by atoms with van der Waals surface area (Å²) in [7, 11) is 1.42. The maximum atomic E-state index is 12.4. The second kappa shape index (κ2) is 10.1. The molecule has 37 heavy (non-hydrogen) atoms. The number of carbonyl (C=O) groups is 1. The van der Waals surface area contributed by atoms with Gasteiger partial charge in [0.2, 0.25) is 0 Å². The molecule has 2 aliphatic heterocycles. The summed E-state index contributed by atoms with van der Waals surface area (Å²) in [5, 5.41) is 11.0. The maximum Gasteiger partial charge on any atom is 0.337 e. The Morgan fingerprint density at radius 2 is 2.11 bits per heavy atom. The molecule has 2 fully saturated rings. The van der Waals surface area contributed by atoms with E-state index in [0.717, 1.165) is 74.5 Å². The second-order valence-electron chi connectivity index (χ2n) is 11.4. The van der Waals surface area contributed by atoms with Crippen LogP contribution in [0.3, 0.4) is 0 Å². The van der Waals surface area contributed by atoms with Crippen molar-refractivity contribution in [1.82, 2.24) is 0 Å². The summed E-state index contributed by atoms with van der Waals surface area (Å²) in [6, 6.07) is 11.9. The third kappa shape index (κ3) is 4.73. The molecular weight excluding hydrogens is 490 g/mol. The summed E-state index contributed by atoms with van der Waals surface area (Å²) in [4.78, 5) is 14.9. The van der Waals surface area contributed by atoms with Gasteiger partial charge in [0.25, 0.3) is 0 Å². The molecule has 0 bridgehead atoms. The van der Waals surface area contributed by atoms with Crippen molar-refractivity contribution < 1.29 is 24.1 Å². The Labute approximate surface area is 223 Å². The van der Waals surface area contributed by atoms with Crippen molar-refractivity contribution in [3.63, 3.8) is 0 Å². The van der Waals surface area contributed by atoms with Gasteiger partial charge in [-0.15, -0.1) is 0 Å². The lowest BCUT2D eigenvalue weighted by molar-refractivity contribution is -0.101. The van der Waals surface area contributed by atoms with Gasteiger partial charge in [0, 0.05) is 30.1 Å². The molecule has 0 amide bonds. The Bertz CT molecular complexity index is 1170. The minimum absolute atomic E-state index is 0.123. The smallest absolute Gasteiger partial charge is 0.337 e. The first-order valence-electron chi connectivity index (χ1n) is 13.6. The van der Waals surface area contributed by atoms with Crippen molar-refractivity contribution in [3.05, 3.63) is 58.1 Å². The number of aliphatic hydroxyl groups is 1. The van der Waals surface area contributed by atoms with Gasteiger partial charge in [0.1, 0.15) is 5.75 Å². The second-order valence-corrected chi connectivity index (χ2v) is 11.8. The molecule has 2 aromatic carbocycles. The van der Waals surface area contributed by atoms with Crippen molar-refractivity contribution >= 4 is 23.3 Å². The van der Waals surface area contributed by atoms with Crippen LogP contribution in [0.15, 0.2) is 36.4 Å². The first kappa shape index (κ1) is 25.0. The minimum atomic E-state index is -0.342. The van der Waals surface area contributed by atoms with E-state index < -0.39 is 0 Å². The Balaban J connectivity index is 1.35. The number of ether oxygens (including phenoxy) is 3. The summed E-state index contributed by atoms with van der Waals surface area (Å²) in [5.74, 6) is 1.38. The highest BCUT2D eigenvalue weighted by molar-refractivity contribution is 6.30. The quantitative estimate of drug-likeness (QED) is 0.556. The fraction of sp³-hybridized carbons (Fsp3) is 0.567. The summed E-state index contributed by atoms with van der Waals surface area (Å²) < 4.78 is 17.7. The van der Waals surface area contributed by atoms with Crippen LogP contribution in [-0.4, -0.2) is 56.7 Å². The molecule has 1 spiro atoms. The zero-order valence-electron chi connectivity index (χ0n) is 21.5. The molecule has 198 valence electrons.